The summed E-state index contributed by atoms with van der Waals surface area (Å²) in [4.78, 5) is 25.0. The summed E-state index contributed by atoms with van der Waals surface area (Å²) in [5, 5.41) is 0. The van der Waals surface area contributed by atoms with E-state index in [1.807, 2.05) is 0 Å². The van der Waals surface area contributed by atoms with Gasteiger partial charge in [-0.25, -0.2) is 0 Å². The Morgan fingerprint density at radius 1 is 0.460 bits per heavy atom. The molecule has 0 aliphatic rings. The molecule has 0 saturated heterocycles. The highest BCUT2D eigenvalue weighted by Gasteiger charge is 2.17. The van der Waals surface area contributed by atoms with Crippen molar-refractivity contribution in [2.75, 3.05) is 19.8 Å². The lowest BCUT2D eigenvalue weighted by molar-refractivity contribution is -0.163. The van der Waals surface area contributed by atoms with Gasteiger partial charge >= 0.3 is 11.9 Å². The van der Waals surface area contributed by atoms with E-state index in [1.165, 1.54) is 96.3 Å². The molecule has 0 aliphatic carbocycles. The average Bonchev–Trinajstić information content (AvgIpc) is 3.11. The summed E-state index contributed by atoms with van der Waals surface area (Å²) in [6.45, 7) is 7.62. The van der Waals surface area contributed by atoms with Crippen LogP contribution in [0.25, 0.3) is 0 Å². The molecule has 1 unspecified atom stereocenters. The molecule has 0 spiro atoms. The molecule has 0 rings (SSSR count). The van der Waals surface area contributed by atoms with Crippen LogP contribution in [0, 0.1) is 0 Å². The summed E-state index contributed by atoms with van der Waals surface area (Å²) in [6.07, 6.45) is 48.3. The van der Waals surface area contributed by atoms with Crippen molar-refractivity contribution in [1.82, 2.24) is 0 Å². The zero-order valence-corrected chi connectivity index (χ0v) is 33.2. The van der Waals surface area contributed by atoms with Gasteiger partial charge in [0.05, 0.1) is 6.61 Å². The summed E-state index contributed by atoms with van der Waals surface area (Å²) < 4.78 is 17.2. The van der Waals surface area contributed by atoms with Gasteiger partial charge in [0.1, 0.15) is 6.61 Å². The summed E-state index contributed by atoms with van der Waals surface area (Å²) in [5.41, 5.74) is 0. The van der Waals surface area contributed by atoms with Crippen molar-refractivity contribution in [2.45, 2.75) is 207 Å². The minimum atomic E-state index is -0.537. The fourth-order valence-corrected chi connectivity index (χ4v) is 5.73. The highest BCUT2D eigenvalue weighted by Crippen LogP contribution is 2.13. The SMILES string of the molecule is CC/C=C\C/C=C\C/C=C\C/C=C\CCCCCCCOCC(COC(=O)CCCCCCCCCCC)OC(=O)CCCCCCCCC. The number of ether oxygens (including phenoxy) is 3. The topological polar surface area (TPSA) is 61.8 Å². The van der Waals surface area contributed by atoms with Gasteiger partial charge in [0.25, 0.3) is 0 Å². The molecule has 0 aromatic rings. The number of unbranched alkanes of at least 4 members (excludes halogenated alkanes) is 19. The van der Waals surface area contributed by atoms with Crippen molar-refractivity contribution in [2.24, 2.45) is 0 Å². The third-order valence-electron chi connectivity index (χ3n) is 8.88. The number of carbonyl (C=O) groups is 2. The van der Waals surface area contributed by atoms with E-state index in [0.717, 1.165) is 70.6 Å². The predicted molar refractivity (Wildman–Crippen MR) is 215 cm³/mol. The van der Waals surface area contributed by atoms with E-state index in [-0.39, 0.29) is 25.2 Å². The van der Waals surface area contributed by atoms with Gasteiger partial charge in [-0.05, 0) is 57.8 Å². The van der Waals surface area contributed by atoms with E-state index in [4.69, 9.17) is 14.2 Å². The van der Waals surface area contributed by atoms with Crippen LogP contribution in [0.15, 0.2) is 48.6 Å². The maximum absolute atomic E-state index is 12.6. The molecule has 0 aliphatic heterocycles. The first-order valence-corrected chi connectivity index (χ1v) is 21.2. The molecular formula is C45H80O5. The maximum Gasteiger partial charge on any atom is 0.306 e. The van der Waals surface area contributed by atoms with E-state index in [1.54, 1.807) is 0 Å². The smallest absolute Gasteiger partial charge is 0.306 e. The number of rotatable bonds is 38. The van der Waals surface area contributed by atoms with Crippen molar-refractivity contribution >= 4 is 11.9 Å². The van der Waals surface area contributed by atoms with Gasteiger partial charge in [-0.2, -0.15) is 0 Å². The Morgan fingerprint density at radius 2 is 0.900 bits per heavy atom. The lowest BCUT2D eigenvalue weighted by Crippen LogP contribution is -2.30. The first-order valence-electron chi connectivity index (χ1n) is 21.2. The molecule has 0 saturated carbocycles. The second kappa shape index (κ2) is 41.3. The van der Waals surface area contributed by atoms with Crippen LogP contribution < -0.4 is 0 Å². The zero-order valence-electron chi connectivity index (χ0n) is 33.2. The number of hydrogen-bond donors (Lipinski definition) is 0. The Labute approximate surface area is 310 Å². The molecule has 0 amide bonds. The molecule has 1 atom stereocenters. The van der Waals surface area contributed by atoms with E-state index in [9.17, 15) is 9.59 Å². The van der Waals surface area contributed by atoms with Crippen LogP contribution in [0.4, 0.5) is 0 Å². The Balaban J connectivity index is 4.17. The minimum Gasteiger partial charge on any atom is -0.462 e. The van der Waals surface area contributed by atoms with Crippen LogP contribution >= 0.6 is 0 Å². The van der Waals surface area contributed by atoms with Gasteiger partial charge in [-0.3, -0.25) is 9.59 Å². The molecule has 5 heteroatoms. The number of hydrogen-bond acceptors (Lipinski definition) is 5. The number of esters is 2. The summed E-state index contributed by atoms with van der Waals surface area (Å²) in [7, 11) is 0. The fraction of sp³-hybridized carbons (Fsp3) is 0.778. The van der Waals surface area contributed by atoms with Crippen molar-refractivity contribution < 1.29 is 23.8 Å². The minimum absolute atomic E-state index is 0.0797. The second-order valence-electron chi connectivity index (χ2n) is 13.9. The molecule has 0 aromatic carbocycles. The summed E-state index contributed by atoms with van der Waals surface area (Å²) in [6, 6.07) is 0. The lowest BCUT2D eigenvalue weighted by Gasteiger charge is -2.18. The van der Waals surface area contributed by atoms with Crippen molar-refractivity contribution in [3.05, 3.63) is 48.6 Å². The molecule has 0 N–H and O–H groups in total. The van der Waals surface area contributed by atoms with Crippen molar-refractivity contribution in [1.29, 1.82) is 0 Å². The zero-order chi connectivity index (χ0) is 36.4. The Bertz CT molecular complexity index is 842. The first-order chi connectivity index (χ1) is 24.6. The van der Waals surface area contributed by atoms with Gasteiger partial charge in [0.15, 0.2) is 6.10 Å². The van der Waals surface area contributed by atoms with Gasteiger partial charge in [0, 0.05) is 19.4 Å². The lowest BCUT2D eigenvalue weighted by atomic mass is 10.1. The van der Waals surface area contributed by atoms with Crippen LogP contribution in [0.3, 0.4) is 0 Å². The number of allylic oxidation sites excluding steroid dienone is 8. The molecule has 0 heterocycles. The van der Waals surface area contributed by atoms with Crippen LogP contribution in [0.2, 0.25) is 0 Å². The molecule has 0 aromatic heterocycles. The van der Waals surface area contributed by atoms with Crippen LogP contribution in [-0.4, -0.2) is 37.9 Å². The monoisotopic (exact) mass is 701 g/mol. The highest BCUT2D eigenvalue weighted by molar-refractivity contribution is 5.70. The van der Waals surface area contributed by atoms with E-state index in [0.29, 0.717) is 19.4 Å². The number of carbonyl (C=O) groups excluding carboxylic acids is 2. The van der Waals surface area contributed by atoms with Gasteiger partial charge < -0.3 is 14.2 Å². The van der Waals surface area contributed by atoms with E-state index < -0.39 is 6.10 Å². The molecule has 0 bridgehead atoms. The van der Waals surface area contributed by atoms with Gasteiger partial charge in [-0.15, -0.1) is 0 Å². The third-order valence-corrected chi connectivity index (χ3v) is 8.88. The largest absolute Gasteiger partial charge is 0.462 e. The van der Waals surface area contributed by atoms with Crippen LogP contribution in [0.1, 0.15) is 201 Å². The highest BCUT2D eigenvalue weighted by atomic mass is 16.6. The maximum atomic E-state index is 12.6. The predicted octanol–water partition coefficient (Wildman–Crippen LogP) is 13.7. The van der Waals surface area contributed by atoms with Gasteiger partial charge in [0.2, 0.25) is 0 Å². The normalized spacial score (nSPS) is 12.6. The van der Waals surface area contributed by atoms with Crippen LogP contribution in [-0.2, 0) is 23.8 Å². The Kier molecular flexibility index (Phi) is 39.5. The van der Waals surface area contributed by atoms with E-state index in [2.05, 4.69) is 69.4 Å². The Hall–Kier alpha value is -2.14. The molecule has 0 radical (unpaired) electrons. The molecule has 290 valence electrons. The first kappa shape index (κ1) is 47.9. The van der Waals surface area contributed by atoms with Crippen LogP contribution in [0.5, 0.6) is 0 Å². The molecular weight excluding hydrogens is 620 g/mol. The molecule has 0 fully saturated rings. The van der Waals surface area contributed by atoms with Gasteiger partial charge in [-0.1, -0.05) is 179 Å². The molecule has 5 nitrogen and oxygen atoms in total. The molecule has 50 heavy (non-hydrogen) atoms. The second-order valence-corrected chi connectivity index (χ2v) is 13.9. The van der Waals surface area contributed by atoms with Crippen molar-refractivity contribution in [3.63, 3.8) is 0 Å². The fourth-order valence-electron chi connectivity index (χ4n) is 5.73. The van der Waals surface area contributed by atoms with Crippen molar-refractivity contribution in [3.8, 4) is 0 Å². The summed E-state index contributed by atoms with van der Waals surface area (Å²) in [5.74, 6) is -0.415. The standard InChI is InChI=1S/C45H80O5/c1-4-7-10-13-16-18-19-20-21-22-23-24-25-26-28-31-34-37-40-48-41-43(50-45(47)39-36-33-29-15-12-9-6-3)42-49-44(46)38-35-32-30-27-17-14-11-8-5-2/h7,10,16,18,20-21,23-24,43H,4-6,8-9,11-15,17,19,22,25-42H2,1-3H3/b10-7-,18-16-,21-20-,24-23-. The average molecular weight is 701 g/mol. The summed E-state index contributed by atoms with van der Waals surface area (Å²) >= 11 is 0. The quantitative estimate of drug-likeness (QED) is 0.0364. The third kappa shape index (κ3) is 38.7. The van der Waals surface area contributed by atoms with E-state index >= 15 is 0 Å². The Morgan fingerprint density at radius 3 is 1.44 bits per heavy atom.